The smallest absolute Gasteiger partial charge is 0.309 e. The molecule has 0 spiro atoms. The van der Waals surface area contributed by atoms with Crippen LogP contribution in [0.4, 0.5) is 0 Å². The number of allylic oxidation sites excluding steroid dienone is 2. The molecule has 0 aromatic rings. The number of hydrogen-bond donors (Lipinski definition) is 0. The van der Waals surface area contributed by atoms with Gasteiger partial charge in [0, 0.05) is 19.5 Å². The summed E-state index contributed by atoms with van der Waals surface area (Å²) in [5.74, 6) is -0.218. The standard InChI is InChI=1S/C68H133NO3/c1-5-9-13-17-21-22-23-24-25-26-27-28-29-30-31-32-33-34-35-36-37-38-39-40-41-42-43-44-45-46-47-48-49-50-51-52-53-57-61-66(68(71)72-64-60-56-20-16-12-8-4)65-67(70)69(62-58-54-18-14-10-6-2)63-59-55-19-15-11-7-3/h32-33,66H,5-31,34-65H2,1-4H3/b33-32+. The molecular weight excluding hydrogens is 879 g/mol. The molecule has 0 aromatic heterocycles. The summed E-state index contributed by atoms with van der Waals surface area (Å²) >= 11 is 0. The van der Waals surface area contributed by atoms with Crippen LogP contribution >= 0.6 is 0 Å². The van der Waals surface area contributed by atoms with E-state index in [1.165, 1.54) is 308 Å². The predicted octanol–water partition coefficient (Wildman–Crippen LogP) is 23.5. The van der Waals surface area contributed by atoms with Crippen molar-refractivity contribution < 1.29 is 14.3 Å². The maximum absolute atomic E-state index is 13.9. The van der Waals surface area contributed by atoms with Gasteiger partial charge in [0.25, 0.3) is 0 Å². The Balaban J connectivity index is 4.02. The van der Waals surface area contributed by atoms with Gasteiger partial charge in [-0.05, 0) is 51.4 Å². The van der Waals surface area contributed by atoms with Gasteiger partial charge in [0.05, 0.1) is 12.5 Å². The van der Waals surface area contributed by atoms with Gasteiger partial charge >= 0.3 is 5.97 Å². The first kappa shape index (κ1) is 70.7. The number of hydrogen-bond acceptors (Lipinski definition) is 3. The number of rotatable bonds is 62. The highest BCUT2D eigenvalue weighted by molar-refractivity contribution is 5.83. The van der Waals surface area contributed by atoms with E-state index in [1.807, 2.05) is 0 Å². The average molecular weight is 1010 g/mol. The average Bonchev–Trinajstić information content (AvgIpc) is 3.38. The van der Waals surface area contributed by atoms with Crippen molar-refractivity contribution in [2.24, 2.45) is 5.92 Å². The number of carbonyl (C=O) groups excluding carboxylic acids is 2. The molecule has 0 aromatic carbocycles. The molecule has 4 nitrogen and oxygen atoms in total. The van der Waals surface area contributed by atoms with E-state index in [9.17, 15) is 9.59 Å². The van der Waals surface area contributed by atoms with Crippen molar-refractivity contribution in [3.8, 4) is 0 Å². The first-order valence-electron chi connectivity index (χ1n) is 33.7. The van der Waals surface area contributed by atoms with Crippen LogP contribution in [0.3, 0.4) is 0 Å². The minimum Gasteiger partial charge on any atom is -0.465 e. The number of amides is 1. The number of nitrogens with zero attached hydrogens (tertiary/aromatic N) is 1. The van der Waals surface area contributed by atoms with E-state index >= 15 is 0 Å². The van der Waals surface area contributed by atoms with E-state index < -0.39 is 0 Å². The van der Waals surface area contributed by atoms with Crippen LogP contribution in [0.2, 0.25) is 0 Å². The molecule has 0 aliphatic carbocycles. The zero-order chi connectivity index (χ0) is 52.2. The summed E-state index contributed by atoms with van der Waals surface area (Å²) in [5.41, 5.74) is 0. The minimum atomic E-state index is -0.291. The lowest BCUT2D eigenvalue weighted by Gasteiger charge is -2.25. The van der Waals surface area contributed by atoms with Crippen LogP contribution < -0.4 is 0 Å². The molecule has 0 rings (SSSR count). The summed E-state index contributed by atoms with van der Waals surface area (Å²) in [4.78, 5) is 29.5. The van der Waals surface area contributed by atoms with Crippen molar-refractivity contribution in [1.29, 1.82) is 0 Å². The quantitative estimate of drug-likeness (QED) is 0.0346. The molecule has 0 heterocycles. The van der Waals surface area contributed by atoms with Gasteiger partial charge in [0.1, 0.15) is 0 Å². The molecule has 1 unspecified atom stereocenters. The Hall–Kier alpha value is -1.32. The maximum Gasteiger partial charge on any atom is 0.309 e. The first-order valence-corrected chi connectivity index (χ1v) is 33.7. The van der Waals surface area contributed by atoms with Gasteiger partial charge in [-0.1, -0.05) is 342 Å². The van der Waals surface area contributed by atoms with Gasteiger partial charge in [0.15, 0.2) is 0 Å². The highest BCUT2D eigenvalue weighted by Crippen LogP contribution is 2.22. The third-order valence-corrected chi connectivity index (χ3v) is 16.0. The number of esters is 1. The second kappa shape index (κ2) is 62.2. The predicted molar refractivity (Wildman–Crippen MR) is 321 cm³/mol. The van der Waals surface area contributed by atoms with Crippen molar-refractivity contribution in [3.63, 3.8) is 0 Å². The lowest BCUT2D eigenvalue weighted by molar-refractivity contribution is -0.152. The Morgan fingerprint density at radius 1 is 0.319 bits per heavy atom. The van der Waals surface area contributed by atoms with E-state index in [0.29, 0.717) is 13.0 Å². The van der Waals surface area contributed by atoms with E-state index in [-0.39, 0.29) is 17.8 Å². The molecule has 0 aliphatic heterocycles. The van der Waals surface area contributed by atoms with Crippen LogP contribution in [0.25, 0.3) is 0 Å². The van der Waals surface area contributed by atoms with E-state index in [4.69, 9.17) is 4.74 Å². The second-order valence-corrected chi connectivity index (χ2v) is 23.3. The van der Waals surface area contributed by atoms with Crippen molar-refractivity contribution in [2.75, 3.05) is 19.7 Å². The highest BCUT2D eigenvalue weighted by atomic mass is 16.5. The summed E-state index contributed by atoms with van der Waals surface area (Å²) in [6.07, 6.45) is 78.2. The van der Waals surface area contributed by atoms with Gasteiger partial charge in [-0.2, -0.15) is 0 Å². The second-order valence-electron chi connectivity index (χ2n) is 23.3. The highest BCUT2D eigenvalue weighted by Gasteiger charge is 2.26. The van der Waals surface area contributed by atoms with Crippen molar-refractivity contribution in [2.45, 2.75) is 387 Å². The molecule has 0 saturated carbocycles. The zero-order valence-electron chi connectivity index (χ0n) is 50.1. The van der Waals surface area contributed by atoms with Gasteiger partial charge in [-0.3, -0.25) is 9.59 Å². The summed E-state index contributed by atoms with van der Waals surface area (Å²) < 4.78 is 5.88. The molecule has 1 atom stereocenters. The largest absolute Gasteiger partial charge is 0.465 e. The van der Waals surface area contributed by atoms with Crippen molar-refractivity contribution >= 4 is 11.9 Å². The topological polar surface area (TPSA) is 46.6 Å². The third-order valence-electron chi connectivity index (χ3n) is 16.0. The van der Waals surface area contributed by atoms with Gasteiger partial charge in [-0.15, -0.1) is 0 Å². The molecule has 1 amide bonds. The lowest BCUT2D eigenvalue weighted by atomic mass is 9.96. The van der Waals surface area contributed by atoms with Crippen molar-refractivity contribution in [1.82, 2.24) is 4.90 Å². The van der Waals surface area contributed by atoms with E-state index in [2.05, 4.69) is 44.7 Å². The molecule has 72 heavy (non-hydrogen) atoms. The van der Waals surface area contributed by atoms with E-state index in [0.717, 1.165) is 58.0 Å². The number of carbonyl (C=O) groups is 2. The fourth-order valence-corrected chi connectivity index (χ4v) is 10.9. The normalized spacial score (nSPS) is 12.1. The molecule has 0 fully saturated rings. The molecule has 0 radical (unpaired) electrons. The van der Waals surface area contributed by atoms with Crippen LogP contribution in [0.5, 0.6) is 0 Å². The molecule has 4 heteroatoms. The fraction of sp³-hybridized carbons (Fsp3) is 0.941. The summed E-state index contributed by atoms with van der Waals surface area (Å²) in [7, 11) is 0. The van der Waals surface area contributed by atoms with Crippen LogP contribution in [0.1, 0.15) is 387 Å². The fourth-order valence-electron chi connectivity index (χ4n) is 10.9. The Kier molecular flexibility index (Phi) is 61.1. The molecule has 0 N–H and O–H groups in total. The molecule has 0 saturated heterocycles. The summed E-state index contributed by atoms with van der Waals surface area (Å²) in [5, 5.41) is 0. The Bertz CT molecular complexity index is 1060. The number of unbranched alkanes of at least 4 members (excludes halogenated alkanes) is 49. The molecule has 428 valence electrons. The minimum absolute atomic E-state index is 0.115. The SMILES string of the molecule is CCCCCCCCCCCCCCCC/C=C/CCCCCCCCCCCCCCCCCCCCCCC(CC(=O)N(CCCCCCCC)CCCCCCCC)C(=O)OCCCCCCCC. The maximum atomic E-state index is 13.9. The lowest BCUT2D eigenvalue weighted by Crippen LogP contribution is -2.35. The monoisotopic (exact) mass is 1010 g/mol. The van der Waals surface area contributed by atoms with Crippen molar-refractivity contribution in [3.05, 3.63) is 12.2 Å². The van der Waals surface area contributed by atoms with Crippen LogP contribution in [-0.2, 0) is 14.3 Å². The Labute approximate surface area is 454 Å². The molecule has 0 aliphatic rings. The molecular formula is C68H133NO3. The Morgan fingerprint density at radius 3 is 0.875 bits per heavy atom. The van der Waals surface area contributed by atoms with Gasteiger partial charge < -0.3 is 9.64 Å². The van der Waals surface area contributed by atoms with Crippen LogP contribution in [0.15, 0.2) is 12.2 Å². The van der Waals surface area contributed by atoms with E-state index in [1.54, 1.807) is 0 Å². The summed E-state index contributed by atoms with van der Waals surface area (Å²) in [6, 6.07) is 0. The summed E-state index contributed by atoms with van der Waals surface area (Å²) in [6.45, 7) is 11.3. The number of ether oxygens (including phenoxy) is 1. The Morgan fingerprint density at radius 2 is 0.569 bits per heavy atom. The van der Waals surface area contributed by atoms with Gasteiger partial charge in [0.2, 0.25) is 5.91 Å². The first-order chi connectivity index (χ1) is 35.6. The van der Waals surface area contributed by atoms with Crippen LogP contribution in [0, 0.1) is 5.92 Å². The van der Waals surface area contributed by atoms with Crippen LogP contribution in [-0.4, -0.2) is 36.5 Å². The molecule has 0 bridgehead atoms. The van der Waals surface area contributed by atoms with Gasteiger partial charge in [-0.25, -0.2) is 0 Å². The zero-order valence-corrected chi connectivity index (χ0v) is 50.1. The third kappa shape index (κ3) is 54.9.